The molecule has 3 rings (SSSR count). The Morgan fingerprint density at radius 3 is 2.32 bits per heavy atom. The van der Waals surface area contributed by atoms with Crippen LogP contribution in [0.4, 0.5) is 0 Å². The van der Waals surface area contributed by atoms with E-state index >= 15 is 0 Å². The highest BCUT2D eigenvalue weighted by molar-refractivity contribution is 8.00. The van der Waals surface area contributed by atoms with Gasteiger partial charge in [0.2, 0.25) is 11.6 Å². The minimum atomic E-state index is -0.764. The van der Waals surface area contributed by atoms with Crippen LogP contribution in [0.5, 0.6) is 0 Å². The van der Waals surface area contributed by atoms with E-state index in [0.717, 1.165) is 6.42 Å². The molecule has 3 atom stereocenters. The van der Waals surface area contributed by atoms with E-state index in [1.54, 1.807) is 11.8 Å². The lowest BCUT2D eigenvalue weighted by molar-refractivity contribution is -0.141. The number of ketones is 3. The van der Waals surface area contributed by atoms with Crippen molar-refractivity contribution in [1.82, 2.24) is 0 Å². The lowest BCUT2D eigenvalue weighted by atomic mass is 9.81. The third-order valence-electron chi connectivity index (χ3n) is 3.97. The Labute approximate surface area is 115 Å². The van der Waals surface area contributed by atoms with E-state index in [9.17, 15) is 14.4 Å². The Morgan fingerprint density at radius 2 is 1.58 bits per heavy atom. The molecular weight excluding hydrogens is 260 g/mol. The van der Waals surface area contributed by atoms with Crippen molar-refractivity contribution < 1.29 is 14.4 Å². The first-order valence-electron chi connectivity index (χ1n) is 6.51. The topological polar surface area (TPSA) is 51.2 Å². The number of hydrogen-bond donors (Lipinski definition) is 0. The van der Waals surface area contributed by atoms with Gasteiger partial charge in [-0.15, -0.1) is 11.8 Å². The monoisotopic (exact) mass is 274 g/mol. The predicted octanol–water partition coefficient (Wildman–Crippen LogP) is 2.28. The van der Waals surface area contributed by atoms with Crippen LogP contribution in [0.3, 0.4) is 0 Å². The fourth-order valence-corrected chi connectivity index (χ4v) is 4.25. The summed E-state index contributed by atoms with van der Waals surface area (Å²) in [4.78, 5) is 36.0. The minimum Gasteiger partial charge on any atom is -0.290 e. The van der Waals surface area contributed by atoms with Gasteiger partial charge in [-0.05, 0) is 31.4 Å². The molecular formula is C15H14O3S. The molecule has 0 aromatic heterocycles. The third kappa shape index (κ3) is 2.25. The first-order chi connectivity index (χ1) is 9.16. The first kappa shape index (κ1) is 12.6. The van der Waals surface area contributed by atoms with Crippen LogP contribution in [-0.4, -0.2) is 22.6 Å². The van der Waals surface area contributed by atoms with E-state index in [-0.39, 0.29) is 11.8 Å². The summed E-state index contributed by atoms with van der Waals surface area (Å²) in [5.74, 6) is -2.34. The highest BCUT2D eigenvalue weighted by Crippen LogP contribution is 2.42. The van der Waals surface area contributed by atoms with Gasteiger partial charge in [0, 0.05) is 22.0 Å². The van der Waals surface area contributed by atoms with Gasteiger partial charge in [0.1, 0.15) is 0 Å². The maximum Gasteiger partial charge on any atom is 0.264 e. The molecule has 0 spiro atoms. The molecule has 0 aliphatic heterocycles. The van der Waals surface area contributed by atoms with Gasteiger partial charge in [0.15, 0.2) is 0 Å². The molecule has 2 fully saturated rings. The van der Waals surface area contributed by atoms with Crippen LogP contribution in [0.15, 0.2) is 35.2 Å². The number of benzene rings is 1. The molecule has 0 radical (unpaired) electrons. The highest BCUT2D eigenvalue weighted by Gasteiger charge is 2.50. The van der Waals surface area contributed by atoms with E-state index < -0.39 is 17.3 Å². The van der Waals surface area contributed by atoms with Crippen molar-refractivity contribution in [2.75, 3.05) is 0 Å². The Morgan fingerprint density at radius 1 is 0.895 bits per heavy atom. The van der Waals surface area contributed by atoms with Gasteiger partial charge in [-0.25, -0.2) is 0 Å². The van der Waals surface area contributed by atoms with E-state index in [4.69, 9.17) is 0 Å². The van der Waals surface area contributed by atoms with Crippen molar-refractivity contribution in [3.05, 3.63) is 30.3 Å². The van der Waals surface area contributed by atoms with Crippen LogP contribution in [0.2, 0.25) is 0 Å². The lowest BCUT2D eigenvalue weighted by Crippen LogP contribution is -2.28. The molecule has 2 aliphatic carbocycles. The molecule has 1 aromatic carbocycles. The van der Waals surface area contributed by atoms with E-state index in [1.807, 2.05) is 30.3 Å². The summed E-state index contributed by atoms with van der Waals surface area (Å²) in [5, 5.41) is 0.325. The molecule has 3 unspecified atom stereocenters. The number of thioether (sulfide) groups is 1. The SMILES string of the molecule is O=C1C(=O)C2CCC(Sc3ccccc3)CC2C1=O. The van der Waals surface area contributed by atoms with Crippen molar-refractivity contribution in [3.8, 4) is 0 Å². The predicted molar refractivity (Wildman–Crippen MR) is 71.9 cm³/mol. The van der Waals surface area contributed by atoms with Gasteiger partial charge in [0.05, 0.1) is 0 Å². The Bertz CT molecular complexity index is 538. The van der Waals surface area contributed by atoms with Gasteiger partial charge in [-0.2, -0.15) is 0 Å². The maximum atomic E-state index is 11.8. The average Bonchev–Trinajstić information content (AvgIpc) is 2.65. The second-order valence-electron chi connectivity index (χ2n) is 5.14. The van der Waals surface area contributed by atoms with Crippen LogP contribution >= 0.6 is 11.8 Å². The number of rotatable bonds is 2. The van der Waals surface area contributed by atoms with Crippen molar-refractivity contribution in [2.24, 2.45) is 11.8 Å². The summed E-state index contributed by atoms with van der Waals surface area (Å²) >= 11 is 1.74. The standard InChI is InChI=1S/C15H14O3S/c16-13-11-7-6-10(8-12(11)14(17)15(13)18)19-9-4-2-1-3-5-9/h1-5,10-12H,6-8H2. The number of Topliss-reactive ketones (excluding diaryl/α,β-unsaturated/α-hetero) is 3. The summed E-state index contributed by atoms with van der Waals surface area (Å²) in [7, 11) is 0. The summed E-state index contributed by atoms with van der Waals surface area (Å²) in [6.07, 6.45) is 2.22. The molecule has 0 N–H and O–H groups in total. The normalized spacial score (nSPS) is 30.5. The van der Waals surface area contributed by atoms with Crippen molar-refractivity contribution >= 4 is 29.1 Å². The molecule has 2 aliphatic rings. The van der Waals surface area contributed by atoms with Gasteiger partial charge in [-0.3, -0.25) is 14.4 Å². The van der Waals surface area contributed by atoms with Crippen LogP contribution < -0.4 is 0 Å². The second-order valence-corrected chi connectivity index (χ2v) is 6.51. The molecule has 0 heterocycles. The van der Waals surface area contributed by atoms with Gasteiger partial charge < -0.3 is 0 Å². The number of fused-ring (bicyclic) bond motifs is 1. The summed E-state index contributed by atoms with van der Waals surface area (Å²) < 4.78 is 0. The molecule has 4 heteroatoms. The van der Waals surface area contributed by atoms with Crippen LogP contribution in [0.1, 0.15) is 19.3 Å². The number of hydrogen-bond acceptors (Lipinski definition) is 4. The van der Waals surface area contributed by atoms with Crippen LogP contribution in [0, 0.1) is 11.8 Å². The maximum absolute atomic E-state index is 11.8. The summed E-state index contributed by atoms with van der Waals surface area (Å²) in [5.41, 5.74) is 0. The smallest absolute Gasteiger partial charge is 0.264 e. The molecule has 0 bridgehead atoms. The molecule has 2 saturated carbocycles. The molecule has 3 nitrogen and oxygen atoms in total. The molecule has 98 valence electrons. The fourth-order valence-electron chi connectivity index (χ4n) is 2.99. The minimum absolute atomic E-state index is 0.325. The summed E-state index contributed by atoms with van der Waals surface area (Å²) in [6.45, 7) is 0. The van der Waals surface area contributed by atoms with Crippen molar-refractivity contribution in [3.63, 3.8) is 0 Å². The largest absolute Gasteiger partial charge is 0.290 e. The van der Waals surface area contributed by atoms with Crippen molar-refractivity contribution in [1.29, 1.82) is 0 Å². The quantitative estimate of drug-likeness (QED) is 0.776. The Hall–Kier alpha value is -1.42. The Kier molecular flexibility index (Phi) is 3.27. The summed E-state index contributed by atoms with van der Waals surface area (Å²) in [6, 6.07) is 10.0. The zero-order valence-electron chi connectivity index (χ0n) is 10.4. The number of carbonyl (C=O) groups excluding carboxylic acids is 3. The zero-order valence-corrected chi connectivity index (χ0v) is 11.2. The Balaban J connectivity index is 1.71. The van der Waals surface area contributed by atoms with Crippen LogP contribution in [0.25, 0.3) is 0 Å². The molecule has 0 saturated heterocycles. The van der Waals surface area contributed by atoms with Gasteiger partial charge in [-0.1, -0.05) is 18.2 Å². The van der Waals surface area contributed by atoms with E-state index in [1.165, 1.54) is 4.90 Å². The molecule has 1 aromatic rings. The first-order valence-corrected chi connectivity index (χ1v) is 7.39. The van der Waals surface area contributed by atoms with E-state index in [0.29, 0.717) is 18.1 Å². The fraction of sp³-hybridized carbons (Fsp3) is 0.400. The molecule has 19 heavy (non-hydrogen) atoms. The van der Waals surface area contributed by atoms with Gasteiger partial charge in [0.25, 0.3) is 5.78 Å². The average molecular weight is 274 g/mol. The lowest BCUT2D eigenvalue weighted by Gasteiger charge is -2.28. The molecule has 0 amide bonds. The van der Waals surface area contributed by atoms with Gasteiger partial charge >= 0.3 is 0 Å². The third-order valence-corrected chi connectivity index (χ3v) is 5.28. The second kappa shape index (κ2) is 4.93. The van der Waals surface area contributed by atoms with E-state index in [2.05, 4.69) is 0 Å². The zero-order chi connectivity index (χ0) is 13.4. The van der Waals surface area contributed by atoms with Crippen LogP contribution in [-0.2, 0) is 14.4 Å². The number of carbonyl (C=O) groups is 3. The van der Waals surface area contributed by atoms with Crippen molar-refractivity contribution in [2.45, 2.75) is 29.4 Å². The highest BCUT2D eigenvalue weighted by atomic mass is 32.2.